The molecular formula is C16H15N3O6. The predicted molar refractivity (Wildman–Crippen MR) is 88.5 cm³/mol. The van der Waals surface area contributed by atoms with E-state index in [4.69, 9.17) is 4.74 Å². The molecule has 0 bridgehead atoms. The molecule has 0 spiro atoms. The van der Waals surface area contributed by atoms with Gasteiger partial charge in [-0.15, -0.1) is 0 Å². The molecular weight excluding hydrogens is 330 g/mol. The van der Waals surface area contributed by atoms with Crippen LogP contribution in [0.5, 0.6) is 11.5 Å². The maximum absolute atomic E-state index is 11.9. The molecule has 0 radical (unpaired) electrons. The van der Waals surface area contributed by atoms with E-state index < -0.39 is 28.4 Å². The topological polar surface area (TPSA) is 134 Å². The molecule has 0 saturated heterocycles. The number of amides is 1. The Morgan fingerprint density at radius 3 is 2.60 bits per heavy atom. The van der Waals surface area contributed by atoms with Crippen LogP contribution in [0.1, 0.15) is 17.2 Å². The zero-order valence-electron chi connectivity index (χ0n) is 13.1. The predicted octanol–water partition coefficient (Wildman–Crippen LogP) is 1.49. The van der Waals surface area contributed by atoms with Gasteiger partial charge in [0, 0.05) is 0 Å². The summed E-state index contributed by atoms with van der Waals surface area (Å²) < 4.78 is 4.82. The Morgan fingerprint density at radius 1 is 1.32 bits per heavy atom. The van der Waals surface area contributed by atoms with Crippen LogP contribution in [0.3, 0.4) is 0 Å². The summed E-state index contributed by atoms with van der Waals surface area (Å²) in [6.07, 6.45) is -0.405. The molecule has 2 rings (SSSR count). The number of nitro benzene ring substituents is 1. The van der Waals surface area contributed by atoms with Crippen LogP contribution in [0.4, 0.5) is 5.69 Å². The van der Waals surface area contributed by atoms with Gasteiger partial charge in [0.15, 0.2) is 11.9 Å². The van der Waals surface area contributed by atoms with Gasteiger partial charge in [-0.1, -0.05) is 30.3 Å². The summed E-state index contributed by atoms with van der Waals surface area (Å²) in [4.78, 5) is 22.3. The summed E-state index contributed by atoms with van der Waals surface area (Å²) in [7, 11) is 1.18. The molecule has 0 fully saturated rings. The van der Waals surface area contributed by atoms with E-state index in [0.29, 0.717) is 5.56 Å². The van der Waals surface area contributed by atoms with Crippen molar-refractivity contribution >= 4 is 17.8 Å². The summed E-state index contributed by atoms with van der Waals surface area (Å²) >= 11 is 0. The fourth-order valence-electron chi connectivity index (χ4n) is 2.08. The van der Waals surface area contributed by atoms with E-state index in [2.05, 4.69) is 10.5 Å². The number of ether oxygens (including phenoxy) is 1. The zero-order valence-corrected chi connectivity index (χ0v) is 13.1. The molecule has 0 aliphatic heterocycles. The summed E-state index contributed by atoms with van der Waals surface area (Å²) in [5.74, 6) is -1.50. The quantitative estimate of drug-likeness (QED) is 0.412. The molecule has 1 amide bonds. The standard InChI is InChI=1S/C16H15N3O6/c1-25-15-12(20)8-7-11(13(15)19(23)24)9-17-18-16(22)14(21)10-5-3-2-4-6-10/h2-9,14,20-21H,1H3,(H,18,22)/b17-9+/t14-/m0/s1. The van der Waals surface area contributed by atoms with Gasteiger partial charge in [-0.2, -0.15) is 5.10 Å². The van der Waals surface area contributed by atoms with Crippen molar-refractivity contribution in [1.82, 2.24) is 5.43 Å². The van der Waals surface area contributed by atoms with Gasteiger partial charge >= 0.3 is 5.69 Å². The summed E-state index contributed by atoms with van der Waals surface area (Å²) in [6, 6.07) is 10.7. The molecule has 25 heavy (non-hydrogen) atoms. The van der Waals surface area contributed by atoms with Crippen molar-refractivity contribution in [2.24, 2.45) is 5.10 Å². The van der Waals surface area contributed by atoms with Gasteiger partial charge < -0.3 is 14.9 Å². The number of benzene rings is 2. The Labute approximate surface area is 142 Å². The number of hydrogen-bond acceptors (Lipinski definition) is 7. The van der Waals surface area contributed by atoms with Crippen LogP contribution >= 0.6 is 0 Å². The van der Waals surface area contributed by atoms with Gasteiger partial charge in [0.2, 0.25) is 5.75 Å². The SMILES string of the molecule is COc1c(O)ccc(/C=N/NC(=O)[C@@H](O)c2ccccc2)c1[N+](=O)[O-]. The number of phenols is 1. The Hall–Kier alpha value is -3.46. The van der Waals surface area contributed by atoms with Crippen LogP contribution in [-0.4, -0.2) is 34.4 Å². The molecule has 0 aliphatic carbocycles. The van der Waals surface area contributed by atoms with Crippen molar-refractivity contribution in [2.75, 3.05) is 7.11 Å². The highest BCUT2D eigenvalue weighted by atomic mass is 16.6. The van der Waals surface area contributed by atoms with Gasteiger partial charge in [0.1, 0.15) is 0 Å². The molecule has 0 heterocycles. The Kier molecular flexibility index (Phi) is 5.64. The van der Waals surface area contributed by atoms with E-state index in [1.807, 2.05) is 0 Å². The van der Waals surface area contributed by atoms with E-state index in [1.54, 1.807) is 30.3 Å². The van der Waals surface area contributed by atoms with Crippen LogP contribution in [0.2, 0.25) is 0 Å². The van der Waals surface area contributed by atoms with E-state index in [1.165, 1.54) is 19.2 Å². The number of aliphatic hydroxyl groups is 1. The van der Waals surface area contributed by atoms with E-state index in [-0.39, 0.29) is 11.3 Å². The maximum Gasteiger partial charge on any atom is 0.323 e. The van der Waals surface area contributed by atoms with Crippen LogP contribution in [0, 0.1) is 10.1 Å². The third-order valence-electron chi connectivity index (χ3n) is 3.27. The van der Waals surface area contributed by atoms with Crippen molar-refractivity contribution < 1.29 is 24.7 Å². The fraction of sp³-hybridized carbons (Fsp3) is 0.125. The number of aliphatic hydroxyl groups excluding tert-OH is 1. The lowest BCUT2D eigenvalue weighted by molar-refractivity contribution is -0.386. The second kappa shape index (κ2) is 7.88. The molecule has 0 saturated carbocycles. The second-order valence-corrected chi connectivity index (χ2v) is 4.86. The number of rotatable bonds is 6. The molecule has 9 nitrogen and oxygen atoms in total. The van der Waals surface area contributed by atoms with Crippen molar-refractivity contribution in [3.05, 3.63) is 63.7 Å². The highest BCUT2D eigenvalue weighted by Gasteiger charge is 2.23. The number of methoxy groups -OCH3 is 1. The minimum absolute atomic E-state index is 0.00847. The second-order valence-electron chi connectivity index (χ2n) is 4.86. The first-order valence-corrected chi connectivity index (χ1v) is 7.06. The molecule has 2 aromatic rings. The minimum Gasteiger partial charge on any atom is -0.504 e. The molecule has 2 aromatic carbocycles. The third-order valence-corrected chi connectivity index (χ3v) is 3.27. The lowest BCUT2D eigenvalue weighted by Crippen LogP contribution is -2.25. The molecule has 0 aromatic heterocycles. The first kappa shape index (κ1) is 17.9. The number of nitrogens with one attached hydrogen (secondary N) is 1. The van der Waals surface area contributed by atoms with Crippen LogP contribution in [0.15, 0.2) is 47.6 Å². The third kappa shape index (κ3) is 4.09. The fourth-order valence-corrected chi connectivity index (χ4v) is 2.08. The number of aromatic hydroxyl groups is 1. The van der Waals surface area contributed by atoms with Crippen molar-refractivity contribution in [3.63, 3.8) is 0 Å². The molecule has 0 aliphatic rings. The number of phenolic OH excluding ortho intramolecular Hbond substituents is 1. The summed E-state index contributed by atoms with van der Waals surface area (Å²) in [5, 5.41) is 34.3. The summed E-state index contributed by atoms with van der Waals surface area (Å²) in [6.45, 7) is 0. The first-order chi connectivity index (χ1) is 12.0. The smallest absolute Gasteiger partial charge is 0.323 e. The Morgan fingerprint density at radius 2 is 2.00 bits per heavy atom. The van der Waals surface area contributed by atoms with Crippen LogP contribution < -0.4 is 10.2 Å². The van der Waals surface area contributed by atoms with Gasteiger partial charge in [0.05, 0.1) is 23.8 Å². The number of hydrogen-bond donors (Lipinski definition) is 3. The number of nitro groups is 1. The average Bonchev–Trinajstić information content (AvgIpc) is 2.62. The largest absolute Gasteiger partial charge is 0.504 e. The number of nitrogens with zero attached hydrogens (tertiary/aromatic N) is 2. The van der Waals surface area contributed by atoms with Crippen molar-refractivity contribution in [2.45, 2.75) is 6.10 Å². The highest BCUT2D eigenvalue weighted by Crippen LogP contribution is 2.37. The molecule has 1 atom stereocenters. The van der Waals surface area contributed by atoms with Gasteiger partial charge in [0.25, 0.3) is 5.91 Å². The molecule has 130 valence electrons. The van der Waals surface area contributed by atoms with Gasteiger partial charge in [-0.3, -0.25) is 14.9 Å². The zero-order chi connectivity index (χ0) is 18.4. The average molecular weight is 345 g/mol. The molecule has 0 unspecified atom stereocenters. The number of carbonyl (C=O) groups excluding carboxylic acids is 1. The normalized spacial score (nSPS) is 11.9. The van der Waals surface area contributed by atoms with Gasteiger partial charge in [-0.25, -0.2) is 5.43 Å². The van der Waals surface area contributed by atoms with Gasteiger partial charge in [-0.05, 0) is 17.7 Å². The van der Waals surface area contributed by atoms with E-state index in [9.17, 15) is 25.1 Å². The first-order valence-electron chi connectivity index (χ1n) is 7.06. The van der Waals surface area contributed by atoms with Crippen molar-refractivity contribution in [3.8, 4) is 11.5 Å². The molecule has 9 heteroatoms. The highest BCUT2D eigenvalue weighted by molar-refractivity contribution is 5.89. The lowest BCUT2D eigenvalue weighted by Gasteiger charge is -2.09. The Balaban J connectivity index is 2.17. The van der Waals surface area contributed by atoms with Crippen molar-refractivity contribution in [1.29, 1.82) is 0 Å². The summed E-state index contributed by atoms with van der Waals surface area (Å²) in [5.41, 5.74) is 2.00. The van der Waals surface area contributed by atoms with E-state index >= 15 is 0 Å². The van der Waals surface area contributed by atoms with E-state index in [0.717, 1.165) is 6.21 Å². The molecule has 3 N–H and O–H groups in total. The minimum atomic E-state index is -1.43. The number of carbonyl (C=O) groups is 1. The van der Waals surface area contributed by atoms with Crippen LogP contribution in [-0.2, 0) is 4.79 Å². The van der Waals surface area contributed by atoms with Crippen LogP contribution in [0.25, 0.3) is 0 Å². The number of hydrazone groups is 1. The monoisotopic (exact) mass is 345 g/mol. The Bertz CT molecular complexity index is 807. The lowest BCUT2D eigenvalue weighted by atomic mass is 10.1. The maximum atomic E-state index is 11.9.